The number of nitrogens with zero attached hydrogens (tertiary/aromatic N) is 1. The van der Waals surface area contributed by atoms with Crippen LogP contribution in [0.3, 0.4) is 0 Å². The van der Waals surface area contributed by atoms with E-state index < -0.39 is 0 Å². The first-order chi connectivity index (χ1) is 10.3. The second kappa shape index (κ2) is 5.47. The zero-order chi connectivity index (χ0) is 14.1. The van der Waals surface area contributed by atoms with E-state index in [2.05, 4.69) is 34.1 Å². The second-order valence-electron chi connectivity index (χ2n) is 6.79. The lowest BCUT2D eigenvalue weighted by atomic mass is 9.74. The van der Waals surface area contributed by atoms with Crippen LogP contribution in [0.1, 0.15) is 31.2 Å². The number of hydrogen-bond donors (Lipinski definition) is 1. The summed E-state index contributed by atoms with van der Waals surface area (Å²) in [5.41, 5.74) is 3.27. The lowest BCUT2D eigenvalue weighted by molar-refractivity contribution is -0.0290. The van der Waals surface area contributed by atoms with Crippen molar-refractivity contribution in [2.24, 2.45) is 5.41 Å². The van der Waals surface area contributed by atoms with Crippen molar-refractivity contribution in [3.8, 4) is 0 Å². The number of likely N-dealkylation sites (tertiary alicyclic amines) is 1. The molecule has 2 aromatic rings. The summed E-state index contributed by atoms with van der Waals surface area (Å²) >= 11 is 0. The summed E-state index contributed by atoms with van der Waals surface area (Å²) < 4.78 is 5.57. The minimum Gasteiger partial charge on any atom is -0.381 e. The maximum atomic E-state index is 5.57. The van der Waals surface area contributed by atoms with Crippen molar-refractivity contribution in [3.05, 3.63) is 36.0 Å². The third kappa shape index (κ3) is 2.60. The van der Waals surface area contributed by atoms with Crippen molar-refractivity contribution >= 4 is 10.9 Å². The number of para-hydroxylation sites is 1. The van der Waals surface area contributed by atoms with E-state index in [1.165, 1.54) is 55.2 Å². The zero-order valence-corrected chi connectivity index (χ0v) is 12.6. The molecule has 0 bridgehead atoms. The molecule has 0 amide bonds. The standard InChI is InChI=1S/C18H24N2O/c1-3-15-5-9-19-17(15)16(4-1)13-20-10-2-6-18(14-20)7-11-21-12-8-18/h1,3-5,9,19H,2,6-8,10-14H2. The largest absolute Gasteiger partial charge is 0.381 e. The minimum absolute atomic E-state index is 0.528. The molecule has 0 atom stereocenters. The van der Waals surface area contributed by atoms with Gasteiger partial charge in [-0.25, -0.2) is 0 Å². The van der Waals surface area contributed by atoms with Gasteiger partial charge in [-0.2, -0.15) is 0 Å². The first-order valence-corrected chi connectivity index (χ1v) is 8.20. The Balaban J connectivity index is 1.52. The van der Waals surface area contributed by atoms with Crippen molar-refractivity contribution in [2.45, 2.75) is 32.2 Å². The van der Waals surface area contributed by atoms with Crippen LogP contribution in [0.15, 0.2) is 30.5 Å². The van der Waals surface area contributed by atoms with Crippen LogP contribution in [-0.2, 0) is 11.3 Å². The lowest BCUT2D eigenvalue weighted by Crippen LogP contribution is -2.45. The van der Waals surface area contributed by atoms with E-state index in [0.717, 1.165) is 19.8 Å². The van der Waals surface area contributed by atoms with Gasteiger partial charge in [-0.15, -0.1) is 0 Å². The quantitative estimate of drug-likeness (QED) is 0.913. The molecular formula is C18H24N2O. The van der Waals surface area contributed by atoms with E-state index in [4.69, 9.17) is 4.74 Å². The molecule has 21 heavy (non-hydrogen) atoms. The molecule has 0 aliphatic carbocycles. The summed E-state index contributed by atoms with van der Waals surface area (Å²) in [5, 5.41) is 1.32. The summed E-state index contributed by atoms with van der Waals surface area (Å²) in [6.07, 6.45) is 7.26. The average Bonchev–Trinajstić information content (AvgIpc) is 2.98. The summed E-state index contributed by atoms with van der Waals surface area (Å²) in [4.78, 5) is 6.06. The maximum absolute atomic E-state index is 5.57. The molecule has 4 rings (SSSR count). The number of benzene rings is 1. The number of rotatable bonds is 2. The molecular weight excluding hydrogens is 260 g/mol. The smallest absolute Gasteiger partial charge is 0.0499 e. The molecule has 2 fully saturated rings. The van der Waals surface area contributed by atoms with Crippen LogP contribution in [0.5, 0.6) is 0 Å². The number of hydrogen-bond acceptors (Lipinski definition) is 2. The Hall–Kier alpha value is -1.32. The highest BCUT2D eigenvalue weighted by atomic mass is 16.5. The van der Waals surface area contributed by atoms with Crippen molar-refractivity contribution in [1.82, 2.24) is 9.88 Å². The Bertz CT molecular complexity index is 607. The minimum atomic E-state index is 0.528. The van der Waals surface area contributed by atoms with Crippen LogP contribution < -0.4 is 0 Å². The van der Waals surface area contributed by atoms with Crippen LogP contribution in [-0.4, -0.2) is 36.2 Å². The van der Waals surface area contributed by atoms with E-state index in [1.807, 2.05) is 6.20 Å². The molecule has 1 N–H and O–H groups in total. The second-order valence-corrected chi connectivity index (χ2v) is 6.79. The molecule has 1 aromatic heterocycles. The first kappa shape index (κ1) is 13.4. The topological polar surface area (TPSA) is 28.3 Å². The highest BCUT2D eigenvalue weighted by molar-refractivity contribution is 5.82. The molecule has 3 nitrogen and oxygen atoms in total. The monoisotopic (exact) mass is 284 g/mol. The fourth-order valence-corrected chi connectivity index (χ4v) is 4.18. The van der Waals surface area contributed by atoms with Gasteiger partial charge in [-0.1, -0.05) is 18.2 Å². The molecule has 1 aromatic carbocycles. The number of fused-ring (bicyclic) bond motifs is 1. The van der Waals surface area contributed by atoms with E-state index in [1.54, 1.807) is 0 Å². The van der Waals surface area contributed by atoms with Crippen molar-refractivity contribution in [2.75, 3.05) is 26.3 Å². The Morgan fingerprint density at radius 1 is 1.14 bits per heavy atom. The Kier molecular flexibility index (Phi) is 3.48. The molecule has 1 spiro atoms. The van der Waals surface area contributed by atoms with Gasteiger partial charge >= 0.3 is 0 Å². The SMILES string of the molecule is c1cc(CN2CCCC3(CCOCC3)C2)c2[nH]ccc2c1. The van der Waals surface area contributed by atoms with Crippen LogP contribution in [0.2, 0.25) is 0 Å². The first-order valence-electron chi connectivity index (χ1n) is 8.20. The van der Waals surface area contributed by atoms with Gasteiger partial charge in [-0.05, 0) is 54.7 Å². The average molecular weight is 284 g/mol. The highest BCUT2D eigenvalue weighted by Gasteiger charge is 2.36. The molecule has 3 heteroatoms. The highest BCUT2D eigenvalue weighted by Crippen LogP contribution is 2.39. The summed E-state index contributed by atoms with van der Waals surface area (Å²) in [7, 11) is 0. The number of nitrogens with one attached hydrogen (secondary N) is 1. The van der Waals surface area contributed by atoms with Gasteiger partial charge < -0.3 is 9.72 Å². The number of ether oxygens (including phenoxy) is 1. The fourth-order valence-electron chi connectivity index (χ4n) is 4.18. The third-order valence-corrected chi connectivity index (χ3v) is 5.36. The number of H-pyrrole nitrogens is 1. The molecule has 2 aliphatic rings. The van der Waals surface area contributed by atoms with Crippen molar-refractivity contribution in [1.29, 1.82) is 0 Å². The van der Waals surface area contributed by atoms with Crippen LogP contribution >= 0.6 is 0 Å². The van der Waals surface area contributed by atoms with E-state index >= 15 is 0 Å². The number of aromatic amines is 1. The van der Waals surface area contributed by atoms with Gasteiger partial charge in [0.2, 0.25) is 0 Å². The van der Waals surface area contributed by atoms with Gasteiger partial charge in [0.1, 0.15) is 0 Å². The van der Waals surface area contributed by atoms with Gasteiger partial charge in [0.05, 0.1) is 0 Å². The summed E-state index contributed by atoms with van der Waals surface area (Å²) in [6.45, 7) is 5.47. The van der Waals surface area contributed by atoms with Crippen LogP contribution in [0, 0.1) is 5.41 Å². The molecule has 0 saturated carbocycles. The normalized spacial score (nSPS) is 22.9. The van der Waals surface area contributed by atoms with Crippen molar-refractivity contribution in [3.63, 3.8) is 0 Å². The molecule has 112 valence electrons. The Morgan fingerprint density at radius 3 is 2.95 bits per heavy atom. The Labute approximate surface area is 126 Å². The maximum Gasteiger partial charge on any atom is 0.0499 e. The summed E-state index contributed by atoms with van der Waals surface area (Å²) in [5.74, 6) is 0. The molecule has 3 heterocycles. The predicted molar refractivity (Wildman–Crippen MR) is 85.3 cm³/mol. The Morgan fingerprint density at radius 2 is 2.05 bits per heavy atom. The van der Waals surface area contributed by atoms with E-state index in [0.29, 0.717) is 5.41 Å². The summed E-state index contributed by atoms with van der Waals surface area (Å²) in [6, 6.07) is 8.80. The third-order valence-electron chi connectivity index (χ3n) is 5.36. The van der Waals surface area contributed by atoms with Crippen LogP contribution in [0.25, 0.3) is 10.9 Å². The van der Waals surface area contributed by atoms with E-state index in [-0.39, 0.29) is 0 Å². The number of piperidine rings is 1. The molecule has 0 radical (unpaired) electrons. The van der Waals surface area contributed by atoms with Crippen molar-refractivity contribution < 1.29 is 4.74 Å². The number of aromatic nitrogens is 1. The molecule has 2 aliphatic heterocycles. The lowest BCUT2D eigenvalue weighted by Gasteiger charge is -2.45. The molecule has 2 saturated heterocycles. The van der Waals surface area contributed by atoms with Gasteiger partial charge in [0.25, 0.3) is 0 Å². The predicted octanol–water partition coefficient (Wildman–Crippen LogP) is 3.56. The van der Waals surface area contributed by atoms with Gasteiger partial charge in [-0.3, -0.25) is 4.90 Å². The van der Waals surface area contributed by atoms with Gasteiger partial charge in [0, 0.05) is 38.0 Å². The zero-order valence-electron chi connectivity index (χ0n) is 12.6. The van der Waals surface area contributed by atoms with Gasteiger partial charge in [0.15, 0.2) is 0 Å². The van der Waals surface area contributed by atoms with Crippen LogP contribution in [0.4, 0.5) is 0 Å². The fraction of sp³-hybridized carbons (Fsp3) is 0.556. The molecule has 0 unspecified atom stereocenters. The van der Waals surface area contributed by atoms with E-state index in [9.17, 15) is 0 Å².